The molecule has 2 aromatic carbocycles. The first-order valence-corrected chi connectivity index (χ1v) is 7.43. The van der Waals surface area contributed by atoms with Gasteiger partial charge in [-0.1, -0.05) is 29.8 Å². The molecule has 0 aliphatic rings. The number of fused-ring (bicyclic) bond motifs is 1. The highest BCUT2D eigenvalue weighted by atomic mass is 35.5. The Morgan fingerprint density at radius 3 is 2.57 bits per heavy atom. The molecule has 21 heavy (non-hydrogen) atoms. The molecule has 0 saturated heterocycles. The highest BCUT2D eigenvalue weighted by Crippen LogP contribution is 2.28. The number of aromatic amines is 1. The third-order valence-corrected chi connectivity index (χ3v) is 4.30. The van der Waals surface area contributed by atoms with Crippen molar-refractivity contribution in [3.8, 4) is 5.75 Å². The van der Waals surface area contributed by atoms with Crippen LogP contribution in [0.1, 0.15) is 18.5 Å². The molecule has 1 atom stereocenters. The normalized spacial score (nSPS) is 12.5. The number of methoxy groups -OCH3 is 1. The van der Waals surface area contributed by atoms with Crippen molar-refractivity contribution in [3.05, 3.63) is 57.8 Å². The second-order valence-corrected chi connectivity index (χ2v) is 5.68. The average molecular weight is 319 g/mol. The van der Waals surface area contributed by atoms with E-state index in [4.69, 9.17) is 28.6 Å². The maximum absolute atomic E-state index is 6.23. The van der Waals surface area contributed by atoms with E-state index in [9.17, 15) is 0 Å². The summed E-state index contributed by atoms with van der Waals surface area (Å²) in [5.74, 6) is 0.844. The summed E-state index contributed by atoms with van der Waals surface area (Å²) in [6.07, 6.45) is 0. The van der Waals surface area contributed by atoms with Crippen molar-refractivity contribution in [2.45, 2.75) is 13.0 Å². The number of hydrogen-bond acceptors (Lipinski definition) is 2. The molecule has 3 rings (SSSR count). The lowest BCUT2D eigenvalue weighted by atomic mass is 10.1. The van der Waals surface area contributed by atoms with Crippen molar-refractivity contribution < 1.29 is 4.74 Å². The molecule has 5 heteroatoms. The maximum Gasteiger partial charge on any atom is 0.178 e. The number of aromatic nitrogens is 2. The van der Waals surface area contributed by atoms with Gasteiger partial charge in [-0.05, 0) is 49.0 Å². The third-order valence-electron chi connectivity index (χ3n) is 3.69. The minimum atomic E-state index is 0.107. The molecular weight excluding hydrogens is 304 g/mol. The van der Waals surface area contributed by atoms with Gasteiger partial charge in [0.05, 0.1) is 29.2 Å². The van der Waals surface area contributed by atoms with Crippen LogP contribution in [0.4, 0.5) is 0 Å². The number of nitrogens with zero attached hydrogens (tertiary/aromatic N) is 1. The Morgan fingerprint density at radius 2 is 1.90 bits per heavy atom. The Balaban J connectivity index is 2.12. The Morgan fingerprint density at radius 1 is 1.19 bits per heavy atom. The molecule has 0 amide bonds. The predicted molar refractivity (Wildman–Crippen MR) is 88.9 cm³/mol. The molecule has 3 aromatic rings. The van der Waals surface area contributed by atoms with Crippen LogP contribution in [-0.4, -0.2) is 16.7 Å². The summed E-state index contributed by atoms with van der Waals surface area (Å²) < 4.78 is 7.95. The molecule has 1 aromatic heterocycles. The molecule has 0 fully saturated rings. The Kier molecular flexibility index (Phi) is 3.74. The molecule has 0 radical (unpaired) electrons. The van der Waals surface area contributed by atoms with E-state index in [-0.39, 0.29) is 6.04 Å². The Hall–Kier alpha value is -1.78. The summed E-state index contributed by atoms with van der Waals surface area (Å²) in [5.41, 5.74) is 3.05. The van der Waals surface area contributed by atoms with Crippen LogP contribution in [0.25, 0.3) is 11.0 Å². The summed E-state index contributed by atoms with van der Waals surface area (Å²) in [4.78, 5) is 3.19. The van der Waals surface area contributed by atoms with E-state index < -0.39 is 0 Å². The third kappa shape index (κ3) is 2.45. The molecule has 1 unspecified atom stereocenters. The zero-order valence-electron chi connectivity index (χ0n) is 11.8. The van der Waals surface area contributed by atoms with Gasteiger partial charge < -0.3 is 14.3 Å². The second-order valence-electron chi connectivity index (χ2n) is 4.88. The standard InChI is InChI=1S/C16H15ClN2OS/c1-10(11-6-8-12(20-2)9-7-11)19-14-5-3-4-13(17)15(14)18-16(19)21/h3-10H,1-2H3,(H,18,21). The quantitative estimate of drug-likeness (QED) is 0.691. The van der Waals surface area contributed by atoms with Crippen molar-refractivity contribution >= 4 is 34.9 Å². The minimum absolute atomic E-state index is 0.107. The SMILES string of the molecule is COc1ccc(C(C)n2c(=S)[nH]c3c(Cl)cccc32)cc1. The zero-order valence-corrected chi connectivity index (χ0v) is 13.3. The smallest absolute Gasteiger partial charge is 0.178 e. The number of halogens is 1. The molecule has 0 saturated carbocycles. The molecule has 1 heterocycles. The summed E-state index contributed by atoms with van der Waals surface area (Å²) in [6.45, 7) is 2.12. The topological polar surface area (TPSA) is 29.9 Å². The van der Waals surface area contributed by atoms with Crippen LogP contribution < -0.4 is 4.74 Å². The van der Waals surface area contributed by atoms with Crippen LogP contribution in [0.3, 0.4) is 0 Å². The second kappa shape index (κ2) is 5.54. The molecule has 108 valence electrons. The summed E-state index contributed by atoms with van der Waals surface area (Å²) in [7, 11) is 1.66. The largest absolute Gasteiger partial charge is 0.497 e. The van der Waals surface area contributed by atoms with E-state index in [2.05, 4.69) is 28.6 Å². The van der Waals surface area contributed by atoms with Gasteiger partial charge in [0.1, 0.15) is 5.75 Å². The summed E-state index contributed by atoms with van der Waals surface area (Å²) in [5, 5.41) is 0.680. The highest BCUT2D eigenvalue weighted by Gasteiger charge is 2.14. The van der Waals surface area contributed by atoms with Crippen LogP contribution in [0.15, 0.2) is 42.5 Å². The van der Waals surface area contributed by atoms with Crippen molar-refractivity contribution in [3.63, 3.8) is 0 Å². The highest BCUT2D eigenvalue weighted by molar-refractivity contribution is 7.71. The Bertz CT molecular complexity index is 836. The van der Waals surface area contributed by atoms with E-state index in [1.165, 1.54) is 0 Å². The first kappa shape index (κ1) is 14.2. The first-order valence-electron chi connectivity index (χ1n) is 6.64. The molecule has 1 N–H and O–H groups in total. The van der Waals surface area contributed by atoms with E-state index in [1.807, 2.05) is 30.3 Å². The van der Waals surface area contributed by atoms with Gasteiger partial charge in [-0.25, -0.2) is 0 Å². The molecule has 3 nitrogen and oxygen atoms in total. The van der Waals surface area contributed by atoms with E-state index in [1.54, 1.807) is 7.11 Å². The molecule has 0 spiro atoms. The lowest BCUT2D eigenvalue weighted by Crippen LogP contribution is -2.06. The van der Waals surface area contributed by atoms with E-state index >= 15 is 0 Å². The minimum Gasteiger partial charge on any atom is -0.497 e. The van der Waals surface area contributed by atoms with Crippen LogP contribution in [0, 0.1) is 4.77 Å². The zero-order chi connectivity index (χ0) is 15.0. The van der Waals surface area contributed by atoms with Gasteiger partial charge >= 0.3 is 0 Å². The van der Waals surface area contributed by atoms with Crippen LogP contribution in [0.2, 0.25) is 5.02 Å². The van der Waals surface area contributed by atoms with Crippen molar-refractivity contribution in [1.29, 1.82) is 0 Å². The number of imidazole rings is 1. The molecule has 0 aliphatic heterocycles. The number of benzene rings is 2. The molecule has 0 bridgehead atoms. The number of H-pyrrole nitrogens is 1. The number of rotatable bonds is 3. The van der Waals surface area contributed by atoms with Gasteiger partial charge in [0.25, 0.3) is 0 Å². The van der Waals surface area contributed by atoms with Gasteiger partial charge in [0, 0.05) is 0 Å². The fourth-order valence-corrected chi connectivity index (χ4v) is 3.11. The fraction of sp³-hybridized carbons (Fsp3) is 0.188. The maximum atomic E-state index is 6.23. The van der Waals surface area contributed by atoms with Crippen LogP contribution in [0.5, 0.6) is 5.75 Å². The van der Waals surface area contributed by atoms with Gasteiger partial charge in [-0.3, -0.25) is 0 Å². The predicted octanol–water partition coefficient (Wildman–Crippen LogP) is 4.97. The van der Waals surface area contributed by atoms with Crippen LogP contribution >= 0.6 is 23.8 Å². The van der Waals surface area contributed by atoms with Gasteiger partial charge in [-0.15, -0.1) is 0 Å². The molecule has 0 aliphatic carbocycles. The lowest BCUT2D eigenvalue weighted by Gasteiger charge is -2.15. The molecular formula is C16H15ClN2OS. The van der Waals surface area contributed by atoms with Gasteiger partial charge in [-0.2, -0.15) is 0 Å². The van der Waals surface area contributed by atoms with Gasteiger partial charge in [0.15, 0.2) is 4.77 Å². The fourth-order valence-electron chi connectivity index (χ4n) is 2.53. The lowest BCUT2D eigenvalue weighted by molar-refractivity contribution is 0.414. The first-order chi connectivity index (χ1) is 10.1. The monoisotopic (exact) mass is 318 g/mol. The van der Waals surface area contributed by atoms with Gasteiger partial charge in [0.2, 0.25) is 0 Å². The van der Waals surface area contributed by atoms with E-state index in [0.717, 1.165) is 22.3 Å². The number of para-hydroxylation sites is 1. The number of ether oxygens (including phenoxy) is 1. The van der Waals surface area contributed by atoms with Crippen molar-refractivity contribution in [2.75, 3.05) is 7.11 Å². The van der Waals surface area contributed by atoms with Crippen LogP contribution in [-0.2, 0) is 0 Å². The summed E-state index contributed by atoms with van der Waals surface area (Å²) >= 11 is 11.7. The van der Waals surface area contributed by atoms with E-state index in [0.29, 0.717) is 9.79 Å². The summed E-state index contributed by atoms with van der Waals surface area (Å²) in [6, 6.07) is 13.9. The van der Waals surface area contributed by atoms with Crippen molar-refractivity contribution in [1.82, 2.24) is 9.55 Å². The van der Waals surface area contributed by atoms with Crippen molar-refractivity contribution in [2.24, 2.45) is 0 Å². The Labute approximate surface area is 133 Å². The number of nitrogens with one attached hydrogen (secondary N) is 1. The average Bonchev–Trinajstić information content (AvgIpc) is 2.84. The number of hydrogen-bond donors (Lipinski definition) is 1.